The molecule has 1 aromatic heterocycles. The number of aryl methyl sites for hydroxylation is 1. The third-order valence-electron chi connectivity index (χ3n) is 4.08. The van der Waals surface area contributed by atoms with Crippen LogP contribution >= 0.6 is 0 Å². The number of benzene rings is 2. The Morgan fingerprint density at radius 1 is 1.22 bits per heavy atom. The lowest BCUT2D eigenvalue weighted by Crippen LogP contribution is -2.41. The van der Waals surface area contributed by atoms with Crippen LogP contribution in [0.4, 0.5) is 10.1 Å². The zero-order valence-electron chi connectivity index (χ0n) is 15.1. The van der Waals surface area contributed by atoms with E-state index in [2.05, 4.69) is 20.9 Å². The number of nitrogens with one attached hydrogen (secondary N) is 2. The summed E-state index contributed by atoms with van der Waals surface area (Å²) in [5.74, 6) is -1.47. The highest BCUT2D eigenvalue weighted by Gasteiger charge is 2.18. The maximum absolute atomic E-state index is 13.6. The van der Waals surface area contributed by atoms with Gasteiger partial charge >= 0.3 is 0 Å². The van der Waals surface area contributed by atoms with E-state index in [0.717, 1.165) is 18.5 Å². The first-order valence-corrected chi connectivity index (χ1v) is 8.69. The summed E-state index contributed by atoms with van der Waals surface area (Å²) in [5, 5.41) is 13.2. The third kappa shape index (κ3) is 4.11. The van der Waals surface area contributed by atoms with Crippen molar-refractivity contribution in [2.75, 3.05) is 5.32 Å². The normalized spacial score (nSPS) is 12.0. The first-order chi connectivity index (χ1) is 13.0. The van der Waals surface area contributed by atoms with Crippen molar-refractivity contribution in [3.05, 3.63) is 53.8 Å². The molecule has 1 atom stereocenters. The van der Waals surface area contributed by atoms with E-state index in [1.165, 1.54) is 25.1 Å². The highest BCUT2D eigenvalue weighted by atomic mass is 19.1. The molecule has 0 radical (unpaired) electrons. The SMILES string of the molecule is CCCn1nnc2cc(C(=O)NC(C)C(=O)Nc3ccccc3F)ccc21. The monoisotopic (exact) mass is 369 g/mol. The zero-order valence-corrected chi connectivity index (χ0v) is 15.1. The predicted molar refractivity (Wildman–Crippen MR) is 99.8 cm³/mol. The van der Waals surface area contributed by atoms with E-state index in [-0.39, 0.29) is 5.69 Å². The lowest BCUT2D eigenvalue weighted by Gasteiger charge is -2.14. The fourth-order valence-corrected chi connectivity index (χ4v) is 2.64. The molecule has 0 aliphatic carbocycles. The maximum Gasteiger partial charge on any atom is 0.251 e. The van der Waals surface area contributed by atoms with E-state index in [0.29, 0.717) is 11.1 Å². The number of nitrogens with zero attached hydrogens (tertiary/aromatic N) is 3. The van der Waals surface area contributed by atoms with Crippen LogP contribution in [0.15, 0.2) is 42.5 Å². The van der Waals surface area contributed by atoms with E-state index < -0.39 is 23.7 Å². The largest absolute Gasteiger partial charge is 0.341 e. The van der Waals surface area contributed by atoms with E-state index >= 15 is 0 Å². The summed E-state index contributed by atoms with van der Waals surface area (Å²) in [4.78, 5) is 24.6. The van der Waals surface area contributed by atoms with Gasteiger partial charge in [0.15, 0.2) is 0 Å². The summed E-state index contributed by atoms with van der Waals surface area (Å²) in [6.45, 7) is 4.32. The Bertz CT molecular complexity index is 985. The Kier molecular flexibility index (Phi) is 5.44. The Morgan fingerprint density at radius 3 is 2.74 bits per heavy atom. The summed E-state index contributed by atoms with van der Waals surface area (Å²) in [7, 11) is 0. The standard InChI is InChI=1S/C19H20FN5O2/c1-3-10-25-17-9-8-13(11-16(17)23-24-25)19(27)21-12(2)18(26)22-15-7-5-4-6-14(15)20/h4-9,11-12H,3,10H2,1-2H3,(H,21,27)(H,22,26). The number of fused-ring (bicyclic) bond motifs is 1. The average molecular weight is 369 g/mol. The topological polar surface area (TPSA) is 88.9 Å². The summed E-state index contributed by atoms with van der Waals surface area (Å²) >= 11 is 0. The van der Waals surface area contributed by atoms with Crippen molar-refractivity contribution >= 4 is 28.5 Å². The molecule has 140 valence electrons. The zero-order chi connectivity index (χ0) is 19.4. The van der Waals surface area contributed by atoms with Crippen molar-refractivity contribution in [1.29, 1.82) is 0 Å². The van der Waals surface area contributed by atoms with Crippen LogP contribution in [0.25, 0.3) is 11.0 Å². The van der Waals surface area contributed by atoms with Crippen LogP contribution in [-0.4, -0.2) is 32.9 Å². The van der Waals surface area contributed by atoms with Crippen LogP contribution in [-0.2, 0) is 11.3 Å². The smallest absolute Gasteiger partial charge is 0.251 e. The molecular formula is C19H20FN5O2. The van der Waals surface area contributed by atoms with Crippen LogP contribution in [0, 0.1) is 5.82 Å². The molecule has 0 aliphatic rings. The molecular weight excluding hydrogens is 349 g/mol. The molecule has 0 bridgehead atoms. The van der Waals surface area contributed by atoms with Gasteiger partial charge in [0.05, 0.1) is 11.2 Å². The van der Waals surface area contributed by atoms with Gasteiger partial charge in [0.2, 0.25) is 5.91 Å². The van der Waals surface area contributed by atoms with Gasteiger partial charge in [-0.1, -0.05) is 24.3 Å². The minimum atomic E-state index is -0.844. The first kappa shape index (κ1) is 18.5. The first-order valence-electron chi connectivity index (χ1n) is 8.69. The van der Waals surface area contributed by atoms with E-state index in [9.17, 15) is 14.0 Å². The molecule has 3 rings (SSSR count). The van der Waals surface area contributed by atoms with Crippen LogP contribution in [0.3, 0.4) is 0 Å². The molecule has 0 saturated carbocycles. The molecule has 7 nitrogen and oxygen atoms in total. The van der Waals surface area contributed by atoms with Gasteiger partial charge in [0.25, 0.3) is 5.91 Å². The van der Waals surface area contributed by atoms with Gasteiger partial charge in [-0.2, -0.15) is 0 Å². The summed E-state index contributed by atoms with van der Waals surface area (Å²) in [6, 6.07) is 10.1. The Morgan fingerprint density at radius 2 is 2.00 bits per heavy atom. The predicted octanol–water partition coefficient (Wildman–Crippen LogP) is 2.74. The van der Waals surface area contributed by atoms with Crippen molar-refractivity contribution in [2.45, 2.75) is 32.9 Å². The molecule has 0 spiro atoms. The summed E-state index contributed by atoms with van der Waals surface area (Å²) < 4.78 is 15.4. The fourth-order valence-electron chi connectivity index (χ4n) is 2.64. The second kappa shape index (κ2) is 7.94. The van der Waals surface area contributed by atoms with Crippen molar-refractivity contribution < 1.29 is 14.0 Å². The van der Waals surface area contributed by atoms with Crippen LogP contribution < -0.4 is 10.6 Å². The number of hydrogen-bond acceptors (Lipinski definition) is 4. The van der Waals surface area contributed by atoms with Crippen molar-refractivity contribution in [2.24, 2.45) is 0 Å². The van der Waals surface area contributed by atoms with Gasteiger partial charge in [-0.25, -0.2) is 9.07 Å². The van der Waals surface area contributed by atoms with E-state index in [4.69, 9.17) is 0 Å². The second-order valence-electron chi connectivity index (χ2n) is 6.18. The molecule has 2 amide bonds. The van der Waals surface area contributed by atoms with Gasteiger partial charge in [0.1, 0.15) is 17.4 Å². The van der Waals surface area contributed by atoms with Gasteiger partial charge in [-0.05, 0) is 43.7 Å². The van der Waals surface area contributed by atoms with Gasteiger partial charge in [-0.3, -0.25) is 9.59 Å². The number of halogens is 1. The Labute approximate surface area is 155 Å². The number of amides is 2. The van der Waals surface area contributed by atoms with Gasteiger partial charge in [0, 0.05) is 12.1 Å². The van der Waals surface area contributed by atoms with Crippen molar-refractivity contribution in [1.82, 2.24) is 20.3 Å². The lowest BCUT2D eigenvalue weighted by atomic mass is 10.1. The molecule has 0 aliphatic heterocycles. The average Bonchev–Trinajstić information content (AvgIpc) is 3.06. The van der Waals surface area contributed by atoms with Gasteiger partial charge < -0.3 is 10.6 Å². The van der Waals surface area contributed by atoms with Crippen LogP contribution in [0.2, 0.25) is 0 Å². The number of rotatable bonds is 6. The molecule has 1 unspecified atom stereocenters. The minimum absolute atomic E-state index is 0.0672. The summed E-state index contributed by atoms with van der Waals surface area (Å²) in [5.41, 5.74) is 1.90. The van der Waals surface area contributed by atoms with E-state index in [1.54, 1.807) is 28.9 Å². The summed E-state index contributed by atoms with van der Waals surface area (Å²) in [6.07, 6.45) is 0.926. The molecule has 27 heavy (non-hydrogen) atoms. The second-order valence-corrected chi connectivity index (χ2v) is 6.18. The fraction of sp³-hybridized carbons (Fsp3) is 0.263. The van der Waals surface area contributed by atoms with Crippen molar-refractivity contribution in [3.8, 4) is 0 Å². The number of aromatic nitrogens is 3. The Hall–Kier alpha value is -3.29. The molecule has 2 N–H and O–H groups in total. The number of carbonyl (C=O) groups excluding carboxylic acids is 2. The lowest BCUT2D eigenvalue weighted by molar-refractivity contribution is -0.117. The number of anilines is 1. The quantitative estimate of drug-likeness (QED) is 0.699. The van der Waals surface area contributed by atoms with E-state index in [1.807, 2.05) is 6.92 Å². The van der Waals surface area contributed by atoms with Gasteiger partial charge in [-0.15, -0.1) is 5.10 Å². The highest BCUT2D eigenvalue weighted by Crippen LogP contribution is 2.15. The highest BCUT2D eigenvalue weighted by molar-refractivity contribution is 6.02. The third-order valence-corrected chi connectivity index (χ3v) is 4.08. The maximum atomic E-state index is 13.6. The minimum Gasteiger partial charge on any atom is -0.341 e. The molecule has 0 fully saturated rings. The molecule has 0 saturated heterocycles. The molecule has 2 aromatic carbocycles. The molecule has 3 aromatic rings. The number of para-hydroxylation sites is 1. The molecule has 1 heterocycles. The van der Waals surface area contributed by atoms with Crippen molar-refractivity contribution in [3.63, 3.8) is 0 Å². The molecule has 8 heteroatoms. The number of hydrogen-bond donors (Lipinski definition) is 2. The Balaban J connectivity index is 1.68. The van der Waals surface area contributed by atoms with Crippen LogP contribution in [0.1, 0.15) is 30.6 Å². The number of carbonyl (C=O) groups is 2. The van der Waals surface area contributed by atoms with Crippen LogP contribution in [0.5, 0.6) is 0 Å².